The molecule has 2 rings (SSSR count). The smallest absolute Gasteiger partial charge is 0.258 e. The van der Waals surface area contributed by atoms with Gasteiger partial charge in [0.25, 0.3) is 5.91 Å². The van der Waals surface area contributed by atoms with E-state index in [2.05, 4.69) is 15.0 Å². The van der Waals surface area contributed by atoms with Crippen molar-refractivity contribution in [2.75, 3.05) is 6.61 Å². The maximum absolute atomic E-state index is 12.1. The van der Waals surface area contributed by atoms with Gasteiger partial charge in [-0.15, -0.1) is 0 Å². The highest BCUT2D eigenvalue weighted by molar-refractivity contribution is 7.89. The number of benzene rings is 1. The van der Waals surface area contributed by atoms with Crippen LogP contribution in [0.2, 0.25) is 5.02 Å². The average molecular weight is 398 g/mol. The van der Waals surface area contributed by atoms with Gasteiger partial charge in [-0.1, -0.05) is 11.6 Å². The molecule has 0 bridgehead atoms. The number of ether oxygens (including phenoxy) is 1. The number of pyridine rings is 1. The molecule has 2 N–H and O–H groups in total. The number of nitrogens with zero attached hydrogens (tertiary/aromatic N) is 1. The summed E-state index contributed by atoms with van der Waals surface area (Å²) in [5.74, 6) is -0.0923. The third-order valence-corrected chi connectivity index (χ3v) is 5.15. The molecule has 0 saturated heterocycles. The number of aromatic nitrogens is 1. The molecule has 0 saturated carbocycles. The molecular formula is C17H20ClN3O4S. The monoisotopic (exact) mass is 397 g/mol. The SMILES string of the molecule is CC(C)NS(=O)(=O)c1ccc(OCC(=O)NCc2ccncc2)c(Cl)c1. The van der Waals surface area contributed by atoms with Gasteiger partial charge in [-0.3, -0.25) is 9.78 Å². The Balaban J connectivity index is 1.92. The van der Waals surface area contributed by atoms with Crippen LogP contribution in [-0.4, -0.2) is 32.0 Å². The highest BCUT2D eigenvalue weighted by atomic mass is 35.5. The molecule has 9 heteroatoms. The molecule has 0 aliphatic carbocycles. The Kier molecular flexibility index (Phi) is 6.96. The van der Waals surface area contributed by atoms with Crippen LogP contribution >= 0.6 is 11.6 Å². The van der Waals surface area contributed by atoms with Gasteiger partial charge in [-0.2, -0.15) is 0 Å². The molecule has 0 radical (unpaired) electrons. The number of hydrogen-bond donors (Lipinski definition) is 2. The second-order valence-electron chi connectivity index (χ2n) is 5.79. The van der Waals surface area contributed by atoms with E-state index in [-0.39, 0.29) is 34.2 Å². The lowest BCUT2D eigenvalue weighted by Gasteiger charge is -2.12. The van der Waals surface area contributed by atoms with Gasteiger partial charge in [0.15, 0.2) is 6.61 Å². The van der Waals surface area contributed by atoms with Crippen molar-refractivity contribution in [3.05, 3.63) is 53.3 Å². The first kappa shape index (κ1) is 20.2. The van der Waals surface area contributed by atoms with Crippen LogP contribution in [0.15, 0.2) is 47.6 Å². The molecule has 7 nitrogen and oxygen atoms in total. The summed E-state index contributed by atoms with van der Waals surface area (Å²) < 4.78 is 32.1. The van der Waals surface area contributed by atoms with Gasteiger partial charge in [0.05, 0.1) is 9.92 Å². The topological polar surface area (TPSA) is 97.4 Å². The Morgan fingerprint density at radius 2 is 1.92 bits per heavy atom. The number of carbonyl (C=O) groups is 1. The molecule has 0 atom stereocenters. The number of carbonyl (C=O) groups excluding carboxylic acids is 1. The van der Waals surface area contributed by atoms with Crippen LogP contribution in [0, 0.1) is 0 Å². The minimum atomic E-state index is -3.64. The van der Waals surface area contributed by atoms with E-state index < -0.39 is 10.0 Å². The van der Waals surface area contributed by atoms with Gasteiger partial charge in [0.1, 0.15) is 5.75 Å². The van der Waals surface area contributed by atoms with E-state index in [4.69, 9.17) is 16.3 Å². The van der Waals surface area contributed by atoms with Crippen molar-refractivity contribution in [1.82, 2.24) is 15.0 Å². The summed E-state index contributed by atoms with van der Waals surface area (Å²) in [5.41, 5.74) is 0.915. The molecule has 1 heterocycles. The van der Waals surface area contributed by atoms with E-state index in [0.717, 1.165) is 5.56 Å². The molecule has 0 fully saturated rings. The van der Waals surface area contributed by atoms with Crippen LogP contribution in [0.1, 0.15) is 19.4 Å². The highest BCUT2D eigenvalue weighted by Gasteiger charge is 2.17. The summed E-state index contributed by atoms with van der Waals surface area (Å²) in [6.07, 6.45) is 3.28. The normalized spacial score (nSPS) is 11.4. The van der Waals surface area contributed by atoms with E-state index in [1.165, 1.54) is 18.2 Å². The van der Waals surface area contributed by atoms with Crippen LogP contribution in [0.4, 0.5) is 0 Å². The summed E-state index contributed by atoms with van der Waals surface area (Å²) in [4.78, 5) is 15.8. The number of hydrogen-bond acceptors (Lipinski definition) is 5. The fourth-order valence-corrected chi connectivity index (χ4v) is 3.62. The predicted molar refractivity (Wildman–Crippen MR) is 98.5 cm³/mol. The van der Waals surface area contributed by atoms with Crippen molar-refractivity contribution < 1.29 is 17.9 Å². The van der Waals surface area contributed by atoms with Gasteiger partial charge in [-0.25, -0.2) is 13.1 Å². The standard InChI is InChI=1S/C17H20ClN3O4S/c1-12(2)21-26(23,24)14-3-4-16(15(18)9-14)25-11-17(22)20-10-13-5-7-19-8-6-13/h3-9,12,21H,10-11H2,1-2H3,(H,20,22). The summed E-state index contributed by atoms with van der Waals surface area (Å²) in [5, 5.41) is 2.81. The molecule has 0 unspecified atom stereocenters. The van der Waals surface area contributed by atoms with Gasteiger partial charge in [-0.05, 0) is 49.7 Å². The Labute approximate surface area is 157 Å². The number of rotatable bonds is 8. The Hall–Kier alpha value is -2.16. The Morgan fingerprint density at radius 1 is 1.23 bits per heavy atom. The van der Waals surface area contributed by atoms with E-state index in [0.29, 0.717) is 6.54 Å². The van der Waals surface area contributed by atoms with Crippen molar-refractivity contribution in [2.24, 2.45) is 0 Å². The Morgan fingerprint density at radius 3 is 2.54 bits per heavy atom. The quantitative estimate of drug-likeness (QED) is 0.711. The Bertz CT molecular complexity index is 858. The molecule has 1 amide bonds. The fraction of sp³-hybridized carbons (Fsp3) is 0.294. The maximum Gasteiger partial charge on any atom is 0.258 e. The van der Waals surface area contributed by atoms with Crippen LogP contribution in [0.25, 0.3) is 0 Å². The largest absolute Gasteiger partial charge is 0.482 e. The number of amides is 1. The lowest BCUT2D eigenvalue weighted by Crippen LogP contribution is -2.30. The summed E-state index contributed by atoms with van der Waals surface area (Å²) in [6, 6.07) is 7.44. The van der Waals surface area contributed by atoms with Crippen molar-refractivity contribution >= 4 is 27.5 Å². The first-order valence-corrected chi connectivity index (χ1v) is 9.74. The second kappa shape index (κ2) is 8.98. The van der Waals surface area contributed by atoms with E-state index in [9.17, 15) is 13.2 Å². The van der Waals surface area contributed by atoms with Gasteiger partial charge >= 0.3 is 0 Å². The summed E-state index contributed by atoms with van der Waals surface area (Å²) in [6.45, 7) is 3.57. The fourth-order valence-electron chi connectivity index (χ4n) is 2.04. The molecule has 26 heavy (non-hydrogen) atoms. The minimum absolute atomic E-state index is 0.0330. The average Bonchev–Trinajstić information content (AvgIpc) is 2.58. The van der Waals surface area contributed by atoms with Gasteiger partial charge < -0.3 is 10.1 Å². The van der Waals surface area contributed by atoms with E-state index in [1.807, 2.05) is 0 Å². The molecule has 140 valence electrons. The molecular weight excluding hydrogens is 378 g/mol. The molecule has 0 spiro atoms. The highest BCUT2D eigenvalue weighted by Crippen LogP contribution is 2.27. The van der Waals surface area contributed by atoms with E-state index >= 15 is 0 Å². The number of sulfonamides is 1. The maximum atomic E-state index is 12.1. The van der Waals surface area contributed by atoms with Crippen LogP contribution < -0.4 is 14.8 Å². The van der Waals surface area contributed by atoms with Crippen LogP contribution in [0.3, 0.4) is 0 Å². The van der Waals surface area contributed by atoms with Crippen molar-refractivity contribution in [1.29, 1.82) is 0 Å². The summed E-state index contributed by atoms with van der Waals surface area (Å²) in [7, 11) is -3.64. The molecule has 0 aliphatic rings. The molecule has 1 aromatic heterocycles. The van der Waals surface area contributed by atoms with Crippen LogP contribution in [-0.2, 0) is 21.4 Å². The van der Waals surface area contributed by atoms with Crippen LogP contribution in [0.5, 0.6) is 5.75 Å². The number of nitrogens with one attached hydrogen (secondary N) is 2. The zero-order chi connectivity index (χ0) is 19.2. The zero-order valence-corrected chi connectivity index (χ0v) is 16.0. The second-order valence-corrected chi connectivity index (χ2v) is 7.91. The van der Waals surface area contributed by atoms with Crippen molar-refractivity contribution in [3.63, 3.8) is 0 Å². The number of halogens is 1. The molecule has 1 aromatic carbocycles. The first-order valence-electron chi connectivity index (χ1n) is 7.88. The lowest BCUT2D eigenvalue weighted by molar-refractivity contribution is -0.123. The third-order valence-electron chi connectivity index (χ3n) is 3.20. The van der Waals surface area contributed by atoms with Gasteiger partial charge in [0.2, 0.25) is 10.0 Å². The lowest BCUT2D eigenvalue weighted by atomic mass is 10.3. The molecule has 0 aliphatic heterocycles. The molecule has 2 aromatic rings. The van der Waals surface area contributed by atoms with Gasteiger partial charge in [0, 0.05) is 25.0 Å². The zero-order valence-electron chi connectivity index (χ0n) is 14.4. The van der Waals surface area contributed by atoms with Crippen molar-refractivity contribution in [3.8, 4) is 5.75 Å². The third kappa shape index (κ3) is 5.98. The minimum Gasteiger partial charge on any atom is -0.482 e. The summed E-state index contributed by atoms with van der Waals surface area (Å²) >= 11 is 6.07. The first-order chi connectivity index (χ1) is 12.3. The van der Waals surface area contributed by atoms with E-state index in [1.54, 1.807) is 38.4 Å². The van der Waals surface area contributed by atoms with Crippen molar-refractivity contribution in [2.45, 2.75) is 31.3 Å². The predicted octanol–water partition coefficient (Wildman–Crippen LogP) is 2.12.